The van der Waals surface area contributed by atoms with E-state index in [1.54, 1.807) is 13.2 Å². The summed E-state index contributed by atoms with van der Waals surface area (Å²) in [7, 11) is 3.05. The van der Waals surface area contributed by atoms with Gasteiger partial charge in [-0.05, 0) is 18.1 Å². The first-order valence-corrected chi connectivity index (χ1v) is 9.27. The van der Waals surface area contributed by atoms with E-state index in [9.17, 15) is 4.79 Å². The second kappa shape index (κ2) is 9.64. The summed E-state index contributed by atoms with van der Waals surface area (Å²) in [5.41, 5.74) is 2.29. The molecule has 0 saturated heterocycles. The van der Waals surface area contributed by atoms with Gasteiger partial charge in [-0.2, -0.15) is 0 Å². The largest absolute Gasteiger partial charge is 0.496 e. The van der Waals surface area contributed by atoms with Crippen LogP contribution >= 0.6 is 0 Å². The number of benzene rings is 3. The number of methoxy groups -OCH3 is 2. The summed E-state index contributed by atoms with van der Waals surface area (Å²) in [4.78, 5) is 12.4. The molecule has 0 fully saturated rings. The molecule has 0 aliphatic carbocycles. The molecule has 3 aromatic rings. The van der Waals surface area contributed by atoms with Gasteiger partial charge in [0.15, 0.2) is 17.3 Å². The van der Waals surface area contributed by atoms with Crippen LogP contribution < -0.4 is 18.9 Å². The smallest absolute Gasteiger partial charge is 0.204 e. The summed E-state index contributed by atoms with van der Waals surface area (Å²) in [6.07, 6.45) is 0. The fraction of sp³-hybridized carbons (Fsp3) is 0.208. The molecule has 0 unspecified atom stereocenters. The summed E-state index contributed by atoms with van der Waals surface area (Å²) in [5, 5.41) is 0. The molecule has 0 aromatic heterocycles. The highest BCUT2D eigenvalue weighted by atomic mass is 16.5. The molecule has 0 heterocycles. The Morgan fingerprint density at radius 2 is 1.21 bits per heavy atom. The van der Waals surface area contributed by atoms with Crippen LogP contribution in [0.25, 0.3) is 0 Å². The fourth-order valence-electron chi connectivity index (χ4n) is 2.97. The highest BCUT2D eigenvalue weighted by molar-refractivity contribution is 6.01. The Labute approximate surface area is 170 Å². The maximum atomic E-state index is 12.4. The van der Waals surface area contributed by atoms with Gasteiger partial charge in [0.05, 0.1) is 14.2 Å². The van der Waals surface area contributed by atoms with Crippen molar-refractivity contribution in [2.24, 2.45) is 0 Å². The van der Waals surface area contributed by atoms with Crippen LogP contribution in [0.5, 0.6) is 23.0 Å². The van der Waals surface area contributed by atoms with Gasteiger partial charge >= 0.3 is 0 Å². The minimum absolute atomic E-state index is 0.183. The first kappa shape index (κ1) is 20.3. The van der Waals surface area contributed by atoms with Crippen molar-refractivity contribution in [1.29, 1.82) is 0 Å². The molecule has 5 heteroatoms. The third-order valence-electron chi connectivity index (χ3n) is 4.41. The van der Waals surface area contributed by atoms with Crippen molar-refractivity contribution in [1.82, 2.24) is 0 Å². The Balaban J connectivity index is 2.02. The minimum atomic E-state index is -0.183. The van der Waals surface area contributed by atoms with Gasteiger partial charge in [-0.3, -0.25) is 4.79 Å². The Morgan fingerprint density at radius 1 is 0.724 bits per heavy atom. The Kier molecular flexibility index (Phi) is 6.74. The van der Waals surface area contributed by atoms with E-state index < -0.39 is 0 Å². The Morgan fingerprint density at radius 3 is 1.66 bits per heavy atom. The first-order valence-electron chi connectivity index (χ1n) is 9.27. The SMILES string of the molecule is COc1cc(OC)c(C(C)=O)c(OCc2ccccc2)c1OCc1ccccc1. The normalized spacial score (nSPS) is 10.3. The van der Waals surface area contributed by atoms with Gasteiger partial charge in [-0.1, -0.05) is 60.7 Å². The average Bonchev–Trinajstić information content (AvgIpc) is 2.76. The molecule has 29 heavy (non-hydrogen) atoms. The van der Waals surface area contributed by atoms with Crippen LogP contribution in [0.3, 0.4) is 0 Å². The molecular formula is C24H24O5. The number of ether oxygens (including phenoxy) is 4. The van der Waals surface area contributed by atoms with E-state index in [4.69, 9.17) is 18.9 Å². The molecule has 0 amide bonds. The number of carbonyl (C=O) groups excluding carboxylic acids is 1. The molecule has 0 aliphatic rings. The van der Waals surface area contributed by atoms with Gasteiger partial charge in [-0.15, -0.1) is 0 Å². The van der Waals surface area contributed by atoms with E-state index in [-0.39, 0.29) is 12.4 Å². The van der Waals surface area contributed by atoms with E-state index in [1.807, 2.05) is 60.7 Å². The van der Waals surface area contributed by atoms with Crippen LogP contribution in [-0.2, 0) is 13.2 Å². The number of rotatable bonds is 9. The van der Waals surface area contributed by atoms with E-state index in [2.05, 4.69) is 0 Å². The zero-order valence-corrected chi connectivity index (χ0v) is 16.8. The van der Waals surface area contributed by atoms with Crippen LogP contribution in [0, 0.1) is 0 Å². The van der Waals surface area contributed by atoms with E-state index in [0.29, 0.717) is 35.2 Å². The van der Waals surface area contributed by atoms with Crippen LogP contribution in [0.15, 0.2) is 66.7 Å². The van der Waals surface area contributed by atoms with Crippen molar-refractivity contribution in [2.75, 3.05) is 14.2 Å². The van der Waals surface area contributed by atoms with Gasteiger partial charge in [0.2, 0.25) is 5.75 Å². The minimum Gasteiger partial charge on any atom is -0.496 e. The summed E-state index contributed by atoms with van der Waals surface area (Å²) < 4.78 is 23.1. The summed E-state index contributed by atoms with van der Waals surface area (Å²) in [6, 6.07) is 21.1. The zero-order chi connectivity index (χ0) is 20.6. The predicted molar refractivity (Wildman–Crippen MR) is 111 cm³/mol. The topological polar surface area (TPSA) is 54.0 Å². The molecule has 3 rings (SSSR count). The van der Waals surface area contributed by atoms with Gasteiger partial charge < -0.3 is 18.9 Å². The van der Waals surface area contributed by atoms with Crippen LogP contribution in [0.1, 0.15) is 28.4 Å². The molecule has 0 aliphatic heterocycles. The quantitative estimate of drug-likeness (QED) is 0.476. The second-order valence-electron chi connectivity index (χ2n) is 6.42. The lowest BCUT2D eigenvalue weighted by atomic mass is 10.1. The van der Waals surface area contributed by atoms with Crippen molar-refractivity contribution in [2.45, 2.75) is 20.1 Å². The molecule has 0 N–H and O–H groups in total. The molecule has 0 spiro atoms. The first-order chi connectivity index (χ1) is 14.1. The average molecular weight is 392 g/mol. The molecule has 0 bridgehead atoms. The lowest BCUT2D eigenvalue weighted by Gasteiger charge is -2.20. The van der Waals surface area contributed by atoms with E-state index in [1.165, 1.54) is 14.0 Å². The number of hydrogen-bond donors (Lipinski definition) is 0. The Bertz CT molecular complexity index is 952. The lowest BCUT2D eigenvalue weighted by Crippen LogP contribution is -2.08. The van der Waals surface area contributed by atoms with Crippen molar-refractivity contribution >= 4 is 5.78 Å². The predicted octanol–water partition coefficient (Wildman–Crippen LogP) is 5.06. The highest BCUT2D eigenvalue weighted by Gasteiger charge is 2.25. The number of Topliss-reactive ketones (excluding diaryl/α,β-unsaturated/α-hetero) is 1. The number of carbonyl (C=O) groups is 1. The highest BCUT2D eigenvalue weighted by Crippen LogP contribution is 2.46. The van der Waals surface area contributed by atoms with Crippen LogP contribution in [0.2, 0.25) is 0 Å². The molecule has 0 saturated carbocycles. The monoisotopic (exact) mass is 392 g/mol. The Hall–Kier alpha value is -3.47. The van der Waals surface area contributed by atoms with Crippen LogP contribution in [0.4, 0.5) is 0 Å². The van der Waals surface area contributed by atoms with Gasteiger partial charge in [0, 0.05) is 6.07 Å². The molecule has 0 radical (unpaired) electrons. The lowest BCUT2D eigenvalue weighted by molar-refractivity contribution is 0.100. The third-order valence-corrected chi connectivity index (χ3v) is 4.41. The van der Waals surface area contributed by atoms with Gasteiger partial charge in [0.1, 0.15) is 24.5 Å². The molecular weight excluding hydrogens is 368 g/mol. The maximum Gasteiger partial charge on any atom is 0.204 e. The molecule has 0 atom stereocenters. The maximum absolute atomic E-state index is 12.4. The molecule has 5 nitrogen and oxygen atoms in total. The van der Waals surface area contributed by atoms with Crippen molar-refractivity contribution < 1.29 is 23.7 Å². The van der Waals surface area contributed by atoms with Gasteiger partial charge in [0.25, 0.3) is 0 Å². The van der Waals surface area contributed by atoms with Crippen molar-refractivity contribution in [3.63, 3.8) is 0 Å². The fourth-order valence-corrected chi connectivity index (χ4v) is 2.97. The van der Waals surface area contributed by atoms with E-state index in [0.717, 1.165) is 11.1 Å². The number of hydrogen-bond acceptors (Lipinski definition) is 5. The van der Waals surface area contributed by atoms with E-state index >= 15 is 0 Å². The summed E-state index contributed by atoms with van der Waals surface area (Å²) in [5.74, 6) is 1.32. The second-order valence-corrected chi connectivity index (χ2v) is 6.42. The zero-order valence-electron chi connectivity index (χ0n) is 16.8. The van der Waals surface area contributed by atoms with Crippen molar-refractivity contribution in [3.8, 4) is 23.0 Å². The van der Waals surface area contributed by atoms with Gasteiger partial charge in [-0.25, -0.2) is 0 Å². The molecule has 3 aromatic carbocycles. The number of ketones is 1. The summed E-state index contributed by atoms with van der Waals surface area (Å²) >= 11 is 0. The third kappa shape index (κ3) is 4.88. The van der Waals surface area contributed by atoms with Crippen molar-refractivity contribution in [3.05, 3.63) is 83.4 Å². The summed E-state index contributed by atoms with van der Waals surface area (Å²) in [6.45, 7) is 2.06. The van der Waals surface area contributed by atoms with Crippen LogP contribution in [-0.4, -0.2) is 20.0 Å². The standard InChI is InChI=1S/C24H24O5/c1-17(25)22-20(26-2)14-21(27-3)23(28-15-18-10-6-4-7-11-18)24(22)29-16-19-12-8-5-9-13-19/h4-14H,15-16H2,1-3H3. The molecule has 150 valence electrons.